The molecule has 1 aromatic carbocycles. The zero-order valence-corrected chi connectivity index (χ0v) is 17.3. The van der Waals surface area contributed by atoms with Crippen LogP contribution >= 0.6 is 0 Å². The zero-order valence-electron chi connectivity index (χ0n) is 17.3. The molecule has 2 aliphatic heterocycles. The van der Waals surface area contributed by atoms with Crippen LogP contribution in [0.25, 0.3) is 0 Å². The van der Waals surface area contributed by atoms with Crippen molar-refractivity contribution in [3.63, 3.8) is 0 Å². The maximum Gasteiger partial charge on any atom is 0.269 e. The van der Waals surface area contributed by atoms with Crippen LogP contribution in [0.3, 0.4) is 0 Å². The molecule has 1 aromatic heterocycles. The number of hydrogen-bond donors (Lipinski definition) is 1. The fraction of sp³-hybridized carbons (Fsp3) is 0.565. The van der Waals surface area contributed by atoms with Gasteiger partial charge in [0, 0.05) is 32.2 Å². The van der Waals surface area contributed by atoms with Crippen molar-refractivity contribution in [3.8, 4) is 0 Å². The van der Waals surface area contributed by atoms with Crippen molar-refractivity contribution in [2.24, 2.45) is 0 Å². The number of aryl methyl sites for hydroxylation is 1. The Labute approximate surface area is 172 Å². The summed E-state index contributed by atoms with van der Waals surface area (Å²) in [5, 5.41) is 14.2. The molecule has 1 unspecified atom stereocenters. The van der Waals surface area contributed by atoms with Crippen molar-refractivity contribution < 1.29 is 5.11 Å². The van der Waals surface area contributed by atoms with Crippen molar-refractivity contribution in [3.05, 3.63) is 58.0 Å². The van der Waals surface area contributed by atoms with Gasteiger partial charge in [0.2, 0.25) is 0 Å². The van der Waals surface area contributed by atoms with E-state index in [-0.39, 0.29) is 17.7 Å². The zero-order chi connectivity index (χ0) is 20.2. The molecule has 156 valence electrons. The number of anilines is 1. The summed E-state index contributed by atoms with van der Waals surface area (Å²) in [7, 11) is 0. The van der Waals surface area contributed by atoms with Gasteiger partial charge in [-0.3, -0.25) is 4.79 Å². The molecule has 0 bridgehead atoms. The molecule has 0 spiro atoms. The summed E-state index contributed by atoms with van der Waals surface area (Å²) < 4.78 is 1.68. The summed E-state index contributed by atoms with van der Waals surface area (Å²) >= 11 is 0. The Morgan fingerprint density at radius 1 is 1.10 bits per heavy atom. The molecule has 0 aliphatic carbocycles. The predicted octanol–water partition coefficient (Wildman–Crippen LogP) is 2.39. The van der Waals surface area contributed by atoms with Gasteiger partial charge in [0.25, 0.3) is 5.56 Å². The van der Waals surface area contributed by atoms with Crippen molar-refractivity contribution >= 4 is 5.69 Å². The molecule has 6 heteroatoms. The third kappa shape index (κ3) is 5.06. The fourth-order valence-electron chi connectivity index (χ4n) is 4.46. The van der Waals surface area contributed by atoms with E-state index in [9.17, 15) is 9.90 Å². The van der Waals surface area contributed by atoms with Gasteiger partial charge < -0.3 is 14.9 Å². The first-order valence-corrected chi connectivity index (χ1v) is 10.9. The Hall–Kier alpha value is -2.18. The van der Waals surface area contributed by atoms with E-state index >= 15 is 0 Å². The number of piperidine rings is 2. The van der Waals surface area contributed by atoms with E-state index in [1.807, 2.05) is 6.20 Å². The molecular formula is C23H32N4O2. The maximum absolute atomic E-state index is 12.8. The quantitative estimate of drug-likeness (QED) is 0.841. The summed E-state index contributed by atoms with van der Waals surface area (Å²) in [4.78, 5) is 17.4. The maximum atomic E-state index is 12.8. The summed E-state index contributed by atoms with van der Waals surface area (Å²) in [5.41, 5.74) is 3.52. The van der Waals surface area contributed by atoms with Gasteiger partial charge in [-0.2, -0.15) is 5.10 Å². The first kappa shape index (κ1) is 20.1. The molecule has 3 heterocycles. The lowest BCUT2D eigenvalue weighted by Gasteiger charge is -2.34. The normalized spacial score (nSPS) is 21.4. The second-order valence-corrected chi connectivity index (χ2v) is 8.55. The molecule has 2 aliphatic rings. The lowest BCUT2D eigenvalue weighted by atomic mass is 10.0. The number of nitrogens with zero attached hydrogens (tertiary/aromatic N) is 4. The van der Waals surface area contributed by atoms with Crippen LogP contribution in [0, 0.1) is 6.92 Å². The fourth-order valence-corrected chi connectivity index (χ4v) is 4.46. The minimum absolute atomic E-state index is 0.0148. The van der Waals surface area contributed by atoms with E-state index in [1.165, 1.54) is 11.1 Å². The number of aliphatic hydroxyl groups is 1. The highest BCUT2D eigenvalue weighted by molar-refractivity contribution is 5.43. The minimum Gasteiger partial charge on any atom is -0.393 e. The molecule has 0 radical (unpaired) electrons. The van der Waals surface area contributed by atoms with Crippen molar-refractivity contribution in [2.75, 3.05) is 37.6 Å². The Morgan fingerprint density at radius 3 is 2.59 bits per heavy atom. The van der Waals surface area contributed by atoms with E-state index in [2.05, 4.69) is 46.1 Å². The van der Waals surface area contributed by atoms with Crippen molar-refractivity contribution in [1.29, 1.82) is 0 Å². The number of benzene rings is 1. The smallest absolute Gasteiger partial charge is 0.269 e. The van der Waals surface area contributed by atoms with E-state index < -0.39 is 0 Å². The number of aliphatic hydroxyl groups excluding tert-OH is 1. The molecule has 29 heavy (non-hydrogen) atoms. The highest BCUT2D eigenvalue weighted by atomic mass is 16.3. The van der Waals surface area contributed by atoms with E-state index in [1.54, 1.807) is 10.7 Å². The molecule has 1 atom stereocenters. The highest BCUT2D eigenvalue weighted by Gasteiger charge is 2.24. The van der Waals surface area contributed by atoms with Gasteiger partial charge in [-0.25, -0.2) is 4.68 Å². The average molecular weight is 397 g/mol. The topological polar surface area (TPSA) is 61.6 Å². The summed E-state index contributed by atoms with van der Waals surface area (Å²) in [6.45, 7) is 6.66. The number of aromatic nitrogens is 2. The molecule has 0 amide bonds. The molecular weight excluding hydrogens is 364 g/mol. The Kier molecular flexibility index (Phi) is 6.31. The summed E-state index contributed by atoms with van der Waals surface area (Å²) in [5.74, 6) is 0. The minimum atomic E-state index is -0.215. The second kappa shape index (κ2) is 9.09. The average Bonchev–Trinajstić information content (AvgIpc) is 2.74. The number of rotatable bonds is 5. The van der Waals surface area contributed by atoms with E-state index in [0.717, 1.165) is 70.5 Å². The standard InChI is InChI=1S/C23H32N4O2/c1-18-4-6-19(7-5-18)8-12-25-11-2-3-20(17-25)27-23(29)15-21(16-24-27)26-13-9-22(28)10-14-26/h4-7,15-16,20,22,28H,2-3,8-14,17H2,1H3. The van der Waals surface area contributed by atoms with Gasteiger partial charge in [-0.1, -0.05) is 29.8 Å². The first-order valence-electron chi connectivity index (χ1n) is 10.9. The van der Waals surface area contributed by atoms with E-state index in [0.29, 0.717) is 0 Å². The Bertz CT molecular complexity index is 856. The third-order valence-electron chi connectivity index (χ3n) is 6.31. The van der Waals surface area contributed by atoms with Gasteiger partial charge in [-0.15, -0.1) is 0 Å². The highest BCUT2D eigenvalue weighted by Crippen LogP contribution is 2.22. The SMILES string of the molecule is Cc1ccc(CCN2CCCC(n3ncc(N4CCC(O)CC4)cc3=O)C2)cc1. The summed E-state index contributed by atoms with van der Waals surface area (Å²) in [6, 6.07) is 10.6. The third-order valence-corrected chi connectivity index (χ3v) is 6.31. The molecule has 2 fully saturated rings. The first-order chi connectivity index (χ1) is 14.1. The van der Waals surface area contributed by atoms with Crippen LogP contribution < -0.4 is 10.5 Å². The second-order valence-electron chi connectivity index (χ2n) is 8.55. The number of likely N-dealkylation sites (tertiary alicyclic amines) is 1. The lowest BCUT2D eigenvalue weighted by Crippen LogP contribution is -2.42. The Morgan fingerprint density at radius 2 is 1.86 bits per heavy atom. The van der Waals surface area contributed by atoms with Gasteiger partial charge in [-0.05, 0) is 51.1 Å². The monoisotopic (exact) mass is 396 g/mol. The van der Waals surface area contributed by atoms with Gasteiger partial charge >= 0.3 is 0 Å². The van der Waals surface area contributed by atoms with Crippen molar-refractivity contribution in [1.82, 2.24) is 14.7 Å². The van der Waals surface area contributed by atoms with Gasteiger partial charge in [0.1, 0.15) is 0 Å². The van der Waals surface area contributed by atoms with Crippen LogP contribution in [-0.4, -0.2) is 58.6 Å². The van der Waals surface area contributed by atoms with Crippen LogP contribution in [-0.2, 0) is 6.42 Å². The van der Waals surface area contributed by atoms with Crippen LogP contribution in [0.2, 0.25) is 0 Å². The molecule has 2 saturated heterocycles. The molecule has 6 nitrogen and oxygen atoms in total. The van der Waals surface area contributed by atoms with Crippen LogP contribution in [0.4, 0.5) is 5.69 Å². The largest absolute Gasteiger partial charge is 0.393 e. The van der Waals surface area contributed by atoms with Crippen LogP contribution in [0.1, 0.15) is 42.9 Å². The molecule has 2 aromatic rings. The van der Waals surface area contributed by atoms with Gasteiger partial charge in [0.05, 0.1) is 24.0 Å². The van der Waals surface area contributed by atoms with Crippen LogP contribution in [0.5, 0.6) is 0 Å². The lowest BCUT2D eigenvalue weighted by molar-refractivity contribution is 0.145. The van der Waals surface area contributed by atoms with Gasteiger partial charge in [0.15, 0.2) is 0 Å². The molecule has 1 N–H and O–H groups in total. The van der Waals surface area contributed by atoms with Crippen LogP contribution in [0.15, 0.2) is 41.3 Å². The Balaban J connectivity index is 1.37. The molecule has 4 rings (SSSR count). The molecule has 0 saturated carbocycles. The van der Waals surface area contributed by atoms with Crippen molar-refractivity contribution in [2.45, 2.75) is 51.2 Å². The predicted molar refractivity (Wildman–Crippen MR) is 116 cm³/mol. The van der Waals surface area contributed by atoms with E-state index in [4.69, 9.17) is 0 Å². The number of hydrogen-bond acceptors (Lipinski definition) is 5. The summed E-state index contributed by atoms with van der Waals surface area (Å²) in [6.07, 6.45) is 6.25.